The largest absolute Gasteiger partial charge is 0.490 e. The monoisotopic (exact) mass is 290 g/mol. The predicted molar refractivity (Wildman–Crippen MR) is 90.2 cm³/mol. The summed E-state index contributed by atoms with van der Waals surface area (Å²) >= 11 is 0. The fourth-order valence-electron chi connectivity index (χ4n) is 1.96. The zero-order valence-corrected chi connectivity index (χ0v) is 13.6. The van der Waals surface area contributed by atoms with Gasteiger partial charge >= 0.3 is 0 Å². The first-order valence-corrected chi connectivity index (χ1v) is 8.23. The Kier molecular flexibility index (Phi) is 9.43. The Morgan fingerprint density at radius 3 is 2.38 bits per heavy atom. The van der Waals surface area contributed by atoms with Crippen LogP contribution in [0.25, 0.3) is 0 Å². The van der Waals surface area contributed by atoms with Crippen molar-refractivity contribution in [2.75, 3.05) is 13.2 Å². The number of para-hydroxylation sites is 2. The first-order valence-electron chi connectivity index (χ1n) is 8.23. The Labute approximate surface area is 130 Å². The molecule has 0 saturated heterocycles. The lowest BCUT2D eigenvalue weighted by Gasteiger charge is -2.15. The molecule has 21 heavy (non-hydrogen) atoms. The van der Waals surface area contributed by atoms with E-state index in [1.165, 1.54) is 19.3 Å². The van der Waals surface area contributed by atoms with Gasteiger partial charge in [0, 0.05) is 0 Å². The average Bonchev–Trinajstić information content (AvgIpc) is 2.52. The zero-order valence-electron chi connectivity index (χ0n) is 13.6. The van der Waals surface area contributed by atoms with E-state index < -0.39 is 0 Å². The molecule has 1 atom stereocenters. The number of hydrogen-bond acceptors (Lipinski definition) is 2. The van der Waals surface area contributed by atoms with Crippen molar-refractivity contribution in [2.24, 2.45) is 5.92 Å². The van der Waals surface area contributed by atoms with Crippen molar-refractivity contribution in [3.63, 3.8) is 0 Å². The van der Waals surface area contributed by atoms with Crippen molar-refractivity contribution < 1.29 is 9.47 Å². The van der Waals surface area contributed by atoms with Crippen LogP contribution in [0, 0.1) is 5.92 Å². The Bertz CT molecular complexity index is 387. The van der Waals surface area contributed by atoms with Crippen LogP contribution in [0.5, 0.6) is 11.5 Å². The highest BCUT2D eigenvalue weighted by Crippen LogP contribution is 2.27. The smallest absolute Gasteiger partial charge is 0.161 e. The minimum atomic E-state index is 0.572. The van der Waals surface area contributed by atoms with Gasteiger partial charge in [0.15, 0.2) is 11.5 Å². The molecule has 0 aliphatic carbocycles. The summed E-state index contributed by atoms with van der Waals surface area (Å²) in [6, 6.07) is 7.97. The van der Waals surface area contributed by atoms with Crippen molar-refractivity contribution in [3.05, 3.63) is 36.9 Å². The van der Waals surface area contributed by atoms with Crippen LogP contribution in [0.15, 0.2) is 36.9 Å². The average molecular weight is 290 g/mol. The first-order chi connectivity index (χ1) is 10.3. The van der Waals surface area contributed by atoms with E-state index in [2.05, 4.69) is 20.4 Å². The van der Waals surface area contributed by atoms with Crippen LogP contribution < -0.4 is 9.47 Å². The molecule has 0 aliphatic rings. The third-order valence-corrected chi connectivity index (χ3v) is 3.63. The van der Waals surface area contributed by atoms with Crippen LogP contribution in [0.4, 0.5) is 0 Å². The lowest BCUT2D eigenvalue weighted by atomic mass is 10.1. The van der Waals surface area contributed by atoms with Gasteiger partial charge < -0.3 is 9.47 Å². The normalized spacial score (nSPS) is 11.9. The van der Waals surface area contributed by atoms with E-state index in [1.54, 1.807) is 0 Å². The van der Waals surface area contributed by atoms with Gasteiger partial charge in [0.2, 0.25) is 0 Å². The van der Waals surface area contributed by atoms with Crippen LogP contribution in [0.2, 0.25) is 0 Å². The summed E-state index contributed by atoms with van der Waals surface area (Å²) in [6.45, 7) is 9.64. The number of hydrogen-bond donors (Lipinski definition) is 0. The second-order valence-electron chi connectivity index (χ2n) is 5.61. The van der Waals surface area contributed by atoms with Crippen LogP contribution in [0.3, 0.4) is 0 Å². The maximum atomic E-state index is 5.86. The highest BCUT2D eigenvalue weighted by atomic mass is 16.5. The van der Waals surface area contributed by atoms with Crippen molar-refractivity contribution in [2.45, 2.75) is 52.4 Å². The van der Waals surface area contributed by atoms with Crippen LogP contribution in [-0.2, 0) is 0 Å². The lowest BCUT2D eigenvalue weighted by molar-refractivity contribution is 0.232. The van der Waals surface area contributed by atoms with Gasteiger partial charge in [-0.25, -0.2) is 0 Å². The van der Waals surface area contributed by atoms with Crippen LogP contribution >= 0.6 is 0 Å². The third kappa shape index (κ3) is 7.79. The summed E-state index contributed by atoms with van der Waals surface area (Å²) in [5.41, 5.74) is 0. The van der Waals surface area contributed by atoms with Crippen LogP contribution in [0.1, 0.15) is 52.4 Å². The Balaban J connectivity index is 2.28. The molecule has 2 nitrogen and oxygen atoms in total. The molecule has 0 fully saturated rings. The molecule has 118 valence electrons. The Morgan fingerprint density at radius 2 is 1.71 bits per heavy atom. The Hall–Kier alpha value is -1.44. The summed E-state index contributed by atoms with van der Waals surface area (Å²) in [6.07, 6.45) is 9.03. The third-order valence-electron chi connectivity index (χ3n) is 3.63. The van der Waals surface area contributed by atoms with Gasteiger partial charge in [0.25, 0.3) is 0 Å². The Morgan fingerprint density at radius 1 is 1.05 bits per heavy atom. The number of allylic oxidation sites excluding steroid dienone is 1. The summed E-state index contributed by atoms with van der Waals surface area (Å²) in [7, 11) is 0. The van der Waals surface area contributed by atoms with Gasteiger partial charge in [-0.3, -0.25) is 0 Å². The summed E-state index contributed by atoms with van der Waals surface area (Å²) in [5, 5.41) is 0. The van der Waals surface area contributed by atoms with Gasteiger partial charge in [-0.15, -0.1) is 6.58 Å². The van der Waals surface area contributed by atoms with Gasteiger partial charge in [0.1, 0.15) is 0 Å². The SMILES string of the molecule is C=CCCCCCCOc1ccccc1OCC(C)CC. The van der Waals surface area contributed by atoms with E-state index in [9.17, 15) is 0 Å². The first kappa shape index (κ1) is 17.6. The van der Waals surface area contributed by atoms with Crippen molar-refractivity contribution >= 4 is 0 Å². The van der Waals surface area contributed by atoms with E-state index in [0.29, 0.717) is 5.92 Å². The quantitative estimate of drug-likeness (QED) is 0.367. The summed E-state index contributed by atoms with van der Waals surface area (Å²) < 4.78 is 11.7. The lowest BCUT2D eigenvalue weighted by Crippen LogP contribution is -2.08. The highest BCUT2D eigenvalue weighted by Gasteiger charge is 2.06. The fourth-order valence-corrected chi connectivity index (χ4v) is 1.96. The minimum Gasteiger partial charge on any atom is -0.490 e. The van der Waals surface area contributed by atoms with Crippen molar-refractivity contribution in [1.82, 2.24) is 0 Å². The standard InChI is InChI=1S/C19H30O2/c1-4-6-7-8-9-12-15-20-18-13-10-11-14-19(18)21-16-17(3)5-2/h4,10-11,13-14,17H,1,5-9,12,15-16H2,2-3H3. The molecule has 0 heterocycles. The van der Waals surface area contributed by atoms with Crippen molar-refractivity contribution in [1.29, 1.82) is 0 Å². The molecule has 2 heteroatoms. The molecule has 0 N–H and O–H groups in total. The maximum Gasteiger partial charge on any atom is 0.161 e. The van der Waals surface area contributed by atoms with Crippen molar-refractivity contribution in [3.8, 4) is 11.5 Å². The van der Waals surface area contributed by atoms with E-state index in [0.717, 1.165) is 44.0 Å². The molecular formula is C19H30O2. The molecule has 0 aromatic heterocycles. The van der Waals surface area contributed by atoms with E-state index in [4.69, 9.17) is 9.47 Å². The molecule has 0 bridgehead atoms. The van der Waals surface area contributed by atoms with E-state index >= 15 is 0 Å². The number of ether oxygens (including phenoxy) is 2. The molecule has 0 amide bonds. The van der Waals surface area contributed by atoms with E-state index in [1.807, 2.05) is 30.3 Å². The number of rotatable bonds is 12. The summed E-state index contributed by atoms with van der Waals surface area (Å²) in [4.78, 5) is 0. The predicted octanol–water partition coefficient (Wildman–Crippen LogP) is 5.63. The molecule has 0 saturated carbocycles. The molecule has 0 spiro atoms. The molecular weight excluding hydrogens is 260 g/mol. The zero-order chi connectivity index (χ0) is 15.3. The van der Waals surface area contributed by atoms with Gasteiger partial charge in [-0.1, -0.05) is 51.3 Å². The maximum absolute atomic E-state index is 5.86. The van der Waals surface area contributed by atoms with Gasteiger partial charge in [0.05, 0.1) is 13.2 Å². The van der Waals surface area contributed by atoms with Crippen LogP contribution in [-0.4, -0.2) is 13.2 Å². The topological polar surface area (TPSA) is 18.5 Å². The molecule has 0 aliphatic heterocycles. The highest BCUT2D eigenvalue weighted by molar-refractivity contribution is 5.39. The minimum absolute atomic E-state index is 0.572. The number of unbranched alkanes of at least 4 members (excludes halogenated alkanes) is 4. The molecule has 1 aromatic carbocycles. The molecule has 1 rings (SSSR count). The van der Waals surface area contributed by atoms with Gasteiger partial charge in [-0.05, 0) is 37.3 Å². The van der Waals surface area contributed by atoms with E-state index in [-0.39, 0.29) is 0 Å². The molecule has 1 aromatic rings. The summed E-state index contributed by atoms with van der Waals surface area (Å²) in [5.74, 6) is 2.30. The second kappa shape index (κ2) is 11.2. The number of benzene rings is 1. The molecule has 1 unspecified atom stereocenters. The second-order valence-corrected chi connectivity index (χ2v) is 5.61. The van der Waals surface area contributed by atoms with Gasteiger partial charge in [-0.2, -0.15) is 0 Å². The fraction of sp³-hybridized carbons (Fsp3) is 0.579. The molecule has 0 radical (unpaired) electrons.